The van der Waals surface area contributed by atoms with E-state index in [1.54, 1.807) is 24.9 Å². The van der Waals surface area contributed by atoms with Gasteiger partial charge in [-0.05, 0) is 32.4 Å². The van der Waals surface area contributed by atoms with E-state index >= 15 is 0 Å². The van der Waals surface area contributed by atoms with Crippen molar-refractivity contribution in [3.8, 4) is 11.4 Å². The molecule has 8 heteroatoms. The number of ether oxygens (including phenoxy) is 2. The Kier molecular flexibility index (Phi) is 5.95. The number of benzene rings is 1. The molecule has 0 bridgehead atoms. The molecule has 0 amide bonds. The highest BCUT2D eigenvalue weighted by Crippen LogP contribution is 2.34. The molecule has 0 aliphatic rings. The molecular weight excluding hydrogens is 364 g/mol. The Morgan fingerprint density at radius 3 is 2.74 bits per heavy atom. The lowest BCUT2D eigenvalue weighted by atomic mass is 10.2. The predicted molar refractivity (Wildman–Crippen MR) is 105 cm³/mol. The highest BCUT2D eigenvalue weighted by atomic mass is 32.2. The minimum Gasteiger partial charge on any atom is -0.494 e. The summed E-state index contributed by atoms with van der Waals surface area (Å²) < 4.78 is 12.5. The number of esters is 1. The van der Waals surface area contributed by atoms with Crippen LogP contribution < -0.4 is 4.74 Å². The third kappa shape index (κ3) is 3.75. The Bertz CT molecular complexity index is 957. The first-order valence-electron chi connectivity index (χ1n) is 8.78. The lowest BCUT2D eigenvalue weighted by Crippen LogP contribution is -2.19. The number of nitrogens with zero attached hydrogens (tertiary/aromatic N) is 4. The van der Waals surface area contributed by atoms with E-state index in [0.717, 1.165) is 22.3 Å². The molecule has 0 saturated heterocycles. The van der Waals surface area contributed by atoms with Gasteiger partial charge in [0.25, 0.3) is 0 Å². The van der Waals surface area contributed by atoms with Crippen LogP contribution in [0.25, 0.3) is 16.6 Å². The second-order valence-corrected chi connectivity index (χ2v) is 7.04. The second-order valence-electron chi connectivity index (χ2n) is 5.85. The monoisotopic (exact) mass is 386 g/mol. The van der Waals surface area contributed by atoms with E-state index in [4.69, 9.17) is 9.47 Å². The lowest BCUT2D eigenvalue weighted by molar-refractivity contribution is -0.142. The summed E-state index contributed by atoms with van der Waals surface area (Å²) in [5, 5.41) is 14.3. The van der Waals surface area contributed by atoms with Gasteiger partial charge < -0.3 is 9.47 Å². The van der Waals surface area contributed by atoms with Crippen LogP contribution in [0, 0.1) is 6.92 Å². The number of aromatic nitrogens is 4. The van der Waals surface area contributed by atoms with Gasteiger partial charge in [0.05, 0.1) is 25.6 Å². The van der Waals surface area contributed by atoms with Crippen LogP contribution in [0.3, 0.4) is 0 Å². The van der Waals surface area contributed by atoms with E-state index < -0.39 is 0 Å². The Labute approximate surface area is 162 Å². The Morgan fingerprint density at radius 1 is 1.26 bits per heavy atom. The van der Waals surface area contributed by atoms with E-state index in [0.29, 0.717) is 23.8 Å². The third-order valence-corrected chi connectivity index (χ3v) is 5.45. The minimum absolute atomic E-state index is 0.246. The average molecular weight is 386 g/mol. The Morgan fingerprint density at radius 2 is 2.04 bits per heavy atom. The van der Waals surface area contributed by atoms with Crippen LogP contribution in [0.4, 0.5) is 0 Å². The van der Waals surface area contributed by atoms with Gasteiger partial charge in [0.1, 0.15) is 27.2 Å². The molecule has 27 heavy (non-hydrogen) atoms. The van der Waals surface area contributed by atoms with Crippen molar-refractivity contribution in [1.82, 2.24) is 20.0 Å². The first kappa shape index (κ1) is 19.2. The third-order valence-electron chi connectivity index (χ3n) is 4.14. The molecule has 3 aromatic rings. The van der Waals surface area contributed by atoms with Crippen molar-refractivity contribution in [2.24, 2.45) is 0 Å². The van der Waals surface area contributed by atoms with Crippen LogP contribution in [0.2, 0.25) is 0 Å². The molecule has 7 nitrogen and oxygen atoms in total. The van der Waals surface area contributed by atoms with Crippen LogP contribution in [0.5, 0.6) is 5.75 Å². The molecule has 1 unspecified atom stereocenters. The molecule has 2 heterocycles. The molecule has 0 aliphatic heterocycles. The fourth-order valence-electron chi connectivity index (χ4n) is 2.78. The van der Waals surface area contributed by atoms with Crippen molar-refractivity contribution in [3.63, 3.8) is 0 Å². The van der Waals surface area contributed by atoms with Crippen molar-refractivity contribution >= 4 is 28.6 Å². The summed E-state index contributed by atoms with van der Waals surface area (Å²) in [5.41, 5.74) is 2.38. The average Bonchev–Trinajstić information content (AvgIpc) is 3.13. The van der Waals surface area contributed by atoms with E-state index in [-0.39, 0.29) is 11.2 Å². The zero-order valence-electron chi connectivity index (χ0n) is 15.8. The molecular formula is C19H22N4O3S. The molecule has 3 rings (SSSR count). The zero-order valence-corrected chi connectivity index (χ0v) is 16.6. The Hall–Kier alpha value is -2.61. The smallest absolute Gasteiger partial charge is 0.319 e. The molecule has 0 N–H and O–H groups in total. The highest BCUT2D eigenvalue weighted by molar-refractivity contribution is 8.00. The fourth-order valence-corrected chi connectivity index (χ4v) is 3.77. The molecule has 0 aliphatic carbocycles. The summed E-state index contributed by atoms with van der Waals surface area (Å²) in [6, 6.07) is 7.64. The zero-order chi connectivity index (χ0) is 19.4. The van der Waals surface area contributed by atoms with Gasteiger partial charge in [-0.2, -0.15) is 10.2 Å². The predicted octanol–water partition coefficient (Wildman–Crippen LogP) is 3.57. The number of fused-ring (bicyclic) bond motifs is 1. The Balaban J connectivity index is 2.13. The molecule has 0 fully saturated rings. The number of carbonyl (C=O) groups is 1. The quantitative estimate of drug-likeness (QED) is 0.454. The molecule has 1 atom stereocenters. The van der Waals surface area contributed by atoms with Crippen LogP contribution in [0.15, 0.2) is 35.5 Å². The maximum Gasteiger partial charge on any atom is 0.319 e. The first-order chi connectivity index (χ1) is 13.1. The maximum absolute atomic E-state index is 12.2. The normalized spacial score (nSPS) is 12.1. The highest BCUT2D eigenvalue weighted by Gasteiger charge is 2.24. The second kappa shape index (κ2) is 8.39. The summed E-state index contributed by atoms with van der Waals surface area (Å²) in [6.07, 6.45) is 2.39. The maximum atomic E-state index is 12.2. The number of para-hydroxylation sites is 2. The largest absolute Gasteiger partial charge is 0.494 e. The molecule has 0 spiro atoms. The van der Waals surface area contributed by atoms with Crippen molar-refractivity contribution in [2.45, 2.75) is 37.5 Å². The van der Waals surface area contributed by atoms with Gasteiger partial charge in [0, 0.05) is 5.39 Å². The summed E-state index contributed by atoms with van der Waals surface area (Å²) in [4.78, 5) is 12.2. The number of methoxy groups -OCH3 is 1. The number of thioether (sulfide) groups is 1. The van der Waals surface area contributed by atoms with Crippen molar-refractivity contribution in [1.29, 1.82) is 0 Å². The van der Waals surface area contributed by atoms with E-state index in [2.05, 4.69) is 15.3 Å². The summed E-state index contributed by atoms with van der Waals surface area (Å²) in [6.45, 7) is 5.99. The number of rotatable bonds is 7. The van der Waals surface area contributed by atoms with Gasteiger partial charge in [-0.3, -0.25) is 4.79 Å². The summed E-state index contributed by atoms with van der Waals surface area (Å²) in [5.74, 6) is 0.453. The van der Waals surface area contributed by atoms with Gasteiger partial charge in [-0.25, -0.2) is 4.68 Å². The molecule has 0 saturated carbocycles. The standard InChI is InChI=1S/C19H22N4O3S/c1-5-16(19(24)26-6-2)27-18-17-13(12(3)21-22-18)11-20-23(17)14-9-7-8-10-15(14)25-4/h7-11,16H,5-6H2,1-4H3. The van der Waals surface area contributed by atoms with Crippen LogP contribution in [-0.4, -0.2) is 44.9 Å². The van der Waals surface area contributed by atoms with Crippen molar-refractivity contribution < 1.29 is 14.3 Å². The number of hydrogen-bond donors (Lipinski definition) is 0. The molecule has 0 radical (unpaired) electrons. The number of hydrogen-bond acceptors (Lipinski definition) is 7. The topological polar surface area (TPSA) is 79.1 Å². The number of aryl methyl sites for hydroxylation is 1. The van der Waals surface area contributed by atoms with Crippen LogP contribution in [-0.2, 0) is 9.53 Å². The molecule has 1 aromatic carbocycles. The van der Waals surface area contributed by atoms with Gasteiger partial charge in [0.15, 0.2) is 0 Å². The fraction of sp³-hybridized carbons (Fsp3) is 0.368. The molecule has 142 valence electrons. The van der Waals surface area contributed by atoms with Crippen molar-refractivity contribution in [3.05, 3.63) is 36.2 Å². The minimum atomic E-state index is -0.355. The van der Waals surface area contributed by atoms with E-state index in [1.165, 1.54) is 11.8 Å². The van der Waals surface area contributed by atoms with Gasteiger partial charge in [-0.1, -0.05) is 30.8 Å². The van der Waals surface area contributed by atoms with Gasteiger partial charge >= 0.3 is 5.97 Å². The lowest BCUT2D eigenvalue weighted by Gasteiger charge is -2.14. The number of carbonyl (C=O) groups excluding carboxylic acids is 1. The van der Waals surface area contributed by atoms with Gasteiger partial charge in [-0.15, -0.1) is 5.10 Å². The van der Waals surface area contributed by atoms with E-state index in [1.807, 2.05) is 38.1 Å². The van der Waals surface area contributed by atoms with Crippen LogP contribution in [0.1, 0.15) is 26.0 Å². The van der Waals surface area contributed by atoms with Crippen LogP contribution >= 0.6 is 11.8 Å². The van der Waals surface area contributed by atoms with Crippen molar-refractivity contribution in [2.75, 3.05) is 13.7 Å². The van der Waals surface area contributed by atoms with E-state index in [9.17, 15) is 4.79 Å². The first-order valence-corrected chi connectivity index (χ1v) is 9.66. The molecule has 2 aromatic heterocycles. The SMILES string of the molecule is CCOC(=O)C(CC)Sc1nnc(C)c2cnn(-c3ccccc3OC)c12. The summed E-state index contributed by atoms with van der Waals surface area (Å²) in [7, 11) is 1.62. The summed E-state index contributed by atoms with van der Waals surface area (Å²) >= 11 is 1.35. The van der Waals surface area contributed by atoms with Gasteiger partial charge in [0.2, 0.25) is 0 Å².